The quantitative estimate of drug-likeness (QED) is 0.197. The van der Waals surface area contributed by atoms with Gasteiger partial charge in [-0.05, 0) is 47.0 Å². The summed E-state index contributed by atoms with van der Waals surface area (Å²) in [5.74, 6) is 0.591. The first-order valence-corrected chi connectivity index (χ1v) is 17.9. The van der Waals surface area contributed by atoms with E-state index in [0.717, 1.165) is 48.8 Å². The number of piperazine rings is 1. The summed E-state index contributed by atoms with van der Waals surface area (Å²) in [5.41, 5.74) is 4.00. The van der Waals surface area contributed by atoms with Crippen LogP contribution in [0.4, 0.5) is 11.6 Å². The highest BCUT2D eigenvalue weighted by Crippen LogP contribution is 2.47. The number of nitrogens with zero attached hydrogens (tertiary/aromatic N) is 4. The number of sulfonamides is 1. The zero-order valence-corrected chi connectivity index (χ0v) is 27.8. The van der Waals surface area contributed by atoms with Crippen molar-refractivity contribution in [3.8, 4) is 0 Å². The zero-order valence-electron chi connectivity index (χ0n) is 27.0. The van der Waals surface area contributed by atoms with Crippen molar-refractivity contribution in [3.63, 3.8) is 0 Å². The maximum Gasteiger partial charge on any atom is 0.261 e. The Labute approximate surface area is 287 Å². The van der Waals surface area contributed by atoms with E-state index in [0.29, 0.717) is 17.8 Å². The molecule has 0 amide bonds. The minimum atomic E-state index is -3.79. The van der Waals surface area contributed by atoms with E-state index in [-0.39, 0.29) is 29.6 Å². The Morgan fingerprint density at radius 2 is 1.41 bits per heavy atom. The third kappa shape index (κ3) is 7.66. The summed E-state index contributed by atoms with van der Waals surface area (Å²) in [7, 11) is -3.79. The van der Waals surface area contributed by atoms with Crippen molar-refractivity contribution in [3.05, 3.63) is 150 Å². The highest BCUT2D eigenvalue weighted by Gasteiger charge is 2.43. The van der Waals surface area contributed by atoms with Crippen molar-refractivity contribution in [1.29, 1.82) is 0 Å². The number of nitrogens with one attached hydrogen (secondary N) is 1. The largest absolute Gasteiger partial charge is 0.392 e. The molecule has 7 rings (SSSR count). The van der Waals surface area contributed by atoms with Gasteiger partial charge in [-0.1, -0.05) is 84.9 Å². The zero-order chi connectivity index (χ0) is 33.6. The van der Waals surface area contributed by atoms with Crippen LogP contribution < -0.4 is 9.62 Å². The maximum absolute atomic E-state index is 13.2. The first-order valence-electron chi connectivity index (χ1n) is 16.4. The molecular weight excluding hydrogens is 639 g/mol. The Morgan fingerprint density at radius 3 is 2.10 bits per heavy atom. The average molecular weight is 678 g/mol. The molecule has 0 bridgehead atoms. The lowest BCUT2D eigenvalue weighted by atomic mass is 9.83. The topological polar surface area (TPSA) is 117 Å². The fourth-order valence-electron chi connectivity index (χ4n) is 6.57. The van der Waals surface area contributed by atoms with Gasteiger partial charge in [-0.2, -0.15) is 0 Å². The molecule has 0 aliphatic carbocycles. The van der Waals surface area contributed by atoms with Crippen molar-refractivity contribution >= 4 is 21.7 Å². The van der Waals surface area contributed by atoms with Gasteiger partial charge in [0.1, 0.15) is 0 Å². The van der Waals surface area contributed by atoms with Gasteiger partial charge in [-0.3, -0.25) is 9.62 Å². The number of aromatic nitrogens is 2. The molecule has 11 heteroatoms. The summed E-state index contributed by atoms with van der Waals surface area (Å²) >= 11 is 0. The van der Waals surface area contributed by atoms with E-state index in [1.165, 1.54) is 0 Å². The Bertz CT molecular complexity index is 1910. The first kappa shape index (κ1) is 32.9. The van der Waals surface area contributed by atoms with Crippen molar-refractivity contribution in [2.75, 3.05) is 42.3 Å². The van der Waals surface area contributed by atoms with Gasteiger partial charge in [0.25, 0.3) is 10.0 Å². The van der Waals surface area contributed by atoms with Gasteiger partial charge in [-0.25, -0.2) is 18.4 Å². The fourth-order valence-corrected chi connectivity index (χ4v) is 7.64. The fraction of sp³-hybridized carbons (Fsp3) is 0.263. The smallest absolute Gasteiger partial charge is 0.261 e. The van der Waals surface area contributed by atoms with Crippen LogP contribution in [0, 0.1) is 0 Å². The minimum absolute atomic E-state index is 0.0477. The summed E-state index contributed by atoms with van der Waals surface area (Å²) in [5, 5.41) is 9.74. The number of anilines is 2. The molecule has 10 nitrogen and oxygen atoms in total. The molecule has 4 unspecified atom stereocenters. The number of hydrogen-bond acceptors (Lipinski definition) is 9. The predicted octanol–water partition coefficient (Wildman–Crippen LogP) is 5.53. The molecule has 49 heavy (non-hydrogen) atoms. The van der Waals surface area contributed by atoms with Crippen molar-refractivity contribution in [2.24, 2.45) is 0 Å². The lowest BCUT2D eigenvalue weighted by Gasteiger charge is -2.45. The molecule has 0 saturated carbocycles. The molecule has 2 fully saturated rings. The van der Waals surface area contributed by atoms with Crippen LogP contribution in [-0.2, 0) is 26.1 Å². The van der Waals surface area contributed by atoms with Gasteiger partial charge in [0.05, 0.1) is 23.7 Å². The molecule has 5 aromatic rings. The van der Waals surface area contributed by atoms with Gasteiger partial charge < -0.3 is 19.5 Å². The molecule has 0 radical (unpaired) electrons. The van der Waals surface area contributed by atoms with Crippen LogP contribution in [0.15, 0.2) is 133 Å². The molecule has 2 aliphatic heterocycles. The van der Waals surface area contributed by atoms with Crippen LogP contribution in [0.2, 0.25) is 0 Å². The second-order valence-electron chi connectivity index (χ2n) is 12.3. The Balaban J connectivity index is 1.20. The molecule has 2 aliphatic rings. The summed E-state index contributed by atoms with van der Waals surface area (Å²) in [6.45, 7) is 3.84. The summed E-state index contributed by atoms with van der Waals surface area (Å²) < 4.78 is 42.8. The molecular formula is C38H39N5O5S. The molecule has 4 atom stereocenters. The van der Waals surface area contributed by atoms with Gasteiger partial charge in [0.2, 0.25) is 5.95 Å². The molecule has 0 spiro atoms. The molecule has 2 saturated heterocycles. The predicted molar refractivity (Wildman–Crippen MR) is 187 cm³/mol. The van der Waals surface area contributed by atoms with Crippen LogP contribution in [0.1, 0.15) is 40.6 Å². The van der Waals surface area contributed by atoms with Crippen LogP contribution >= 0.6 is 0 Å². The van der Waals surface area contributed by atoms with E-state index in [2.05, 4.69) is 36.6 Å². The molecule has 252 valence electrons. The number of ether oxygens (including phenoxy) is 2. The Morgan fingerprint density at radius 1 is 0.735 bits per heavy atom. The lowest BCUT2D eigenvalue weighted by molar-refractivity contribution is -0.263. The SMILES string of the molecule is O=S(=O)(Nc1cccc(C2OC(CN3CCN(c4ncccn4)CC3)C(c3ccccc3)C(c3ccc(CO)cc3)O2)c1)c1ccccc1. The van der Waals surface area contributed by atoms with Gasteiger partial charge in [0, 0.05) is 62.3 Å². The summed E-state index contributed by atoms with van der Waals surface area (Å²) in [6, 6.07) is 35.5. The van der Waals surface area contributed by atoms with E-state index in [9.17, 15) is 13.5 Å². The van der Waals surface area contributed by atoms with Crippen LogP contribution in [0.5, 0.6) is 0 Å². The van der Waals surface area contributed by atoms with E-state index in [1.807, 2.05) is 54.6 Å². The van der Waals surface area contributed by atoms with Gasteiger partial charge >= 0.3 is 0 Å². The van der Waals surface area contributed by atoms with Crippen LogP contribution in [0.3, 0.4) is 0 Å². The molecule has 4 aromatic carbocycles. The number of hydrogen-bond donors (Lipinski definition) is 2. The van der Waals surface area contributed by atoms with Gasteiger partial charge in [-0.15, -0.1) is 0 Å². The van der Waals surface area contributed by atoms with Crippen LogP contribution in [-0.4, -0.2) is 67.2 Å². The van der Waals surface area contributed by atoms with Crippen molar-refractivity contribution in [2.45, 2.75) is 35.9 Å². The Kier molecular flexibility index (Phi) is 9.97. The number of rotatable bonds is 10. The van der Waals surface area contributed by atoms with Crippen molar-refractivity contribution < 1.29 is 23.0 Å². The second kappa shape index (κ2) is 14.9. The average Bonchev–Trinajstić information content (AvgIpc) is 3.16. The van der Waals surface area contributed by atoms with E-state index >= 15 is 0 Å². The highest BCUT2D eigenvalue weighted by atomic mass is 32.2. The van der Waals surface area contributed by atoms with Crippen molar-refractivity contribution in [1.82, 2.24) is 14.9 Å². The number of aliphatic hydroxyl groups excluding tert-OH is 1. The van der Waals surface area contributed by atoms with Gasteiger partial charge in [0.15, 0.2) is 6.29 Å². The third-order valence-corrected chi connectivity index (χ3v) is 10.5. The minimum Gasteiger partial charge on any atom is -0.392 e. The maximum atomic E-state index is 13.2. The van der Waals surface area contributed by atoms with Crippen LogP contribution in [0.25, 0.3) is 0 Å². The van der Waals surface area contributed by atoms with E-state index in [4.69, 9.17) is 9.47 Å². The lowest BCUT2D eigenvalue weighted by Crippen LogP contribution is -2.51. The third-order valence-electron chi connectivity index (χ3n) is 9.08. The standard InChI is InChI=1S/C38H39N5O5S/c44-27-28-15-17-30(18-16-28)36-35(29-9-3-1-4-10-29)34(26-42-21-23-43(24-22-42)38-39-19-8-20-40-38)47-37(48-36)31-11-7-12-32(25-31)41-49(45,46)33-13-5-2-6-14-33/h1-20,25,34-37,41,44H,21-24,26-27H2. The summed E-state index contributed by atoms with van der Waals surface area (Å²) in [6.07, 6.45) is 2.11. The number of benzene rings is 4. The Hall–Kier alpha value is -4.65. The summed E-state index contributed by atoms with van der Waals surface area (Å²) in [4.78, 5) is 13.7. The second-order valence-corrected chi connectivity index (χ2v) is 14.0. The molecule has 1 aromatic heterocycles. The van der Waals surface area contributed by atoms with E-state index in [1.54, 1.807) is 60.9 Å². The first-order chi connectivity index (χ1) is 24.0. The molecule has 3 heterocycles. The normalized spacial score (nSPS) is 21.7. The van der Waals surface area contributed by atoms with E-state index < -0.39 is 16.3 Å². The highest BCUT2D eigenvalue weighted by molar-refractivity contribution is 7.92. The molecule has 2 N–H and O–H groups in total. The number of aliphatic hydroxyl groups is 1. The monoisotopic (exact) mass is 677 g/mol.